The number of nitrogens with two attached hydrogens (primary N) is 1. The van der Waals surface area contributed by atoms with Crippen molar-refractivity contribution in [2.24, 2.45) is 11.7 Å². The van der Waals surface area contributed by atoms with Gasteiger partial charge in [0.05, 0.1) is 0 Å². The highest BCUT2D eigenvalue weighted by molar-refractivity contribution is 5.76. The van der Waals surface area contributed by atoms with Gasteiger partial charge < -0.3 is 11.1 Å². The predicted octanol–water partition coefficient (Wildman–Crippen LogP) is 2.38. The van der Waals surface area contributed by atoms with Crippen LogP contribution in [0.15, 0.2) is 24.3 Å². The van der Waals surface area contributed by atoms with E-state index in [0.717, 1.165) is 38.6 Å². The van der Waals surface area contributed by atoms with Crippen LogP contribution in [0.4, 0.5) is 0 Å². The van der Waals surface area contributed by atoms with Gasteiger partial charge in [0, 0.05) is 18.5 Å². The standard InChI is InChI=1S/C16H24N2O/c1-2-12-3-5-13(6-4-12)11-18-15-9-7-14(8-10-15)16(17)19/h3-6,14-15,18H,2,7-11H2,1H3,(H2,17,19). The lowest BCUT2D eigenvalue weighted by molar-refractivity contribution is -0.122. The van der Waals surface area contributed by atoms with E-state index in [1.54, 1.807) is 0 Å². The number of nitrogens with one attached hydrogen (secondary N) is 1. The van der Waals surface area contributed by atoms with E-state index in [2.05, 4.69) is 36.5 Å². The second kappa shape index (κ2) is 6.71. The Hall–Kier alpha value is -1.35. The summed E-state index contributed by atoms with van der Waals surface area (Å²) < 4.78 is 0. The van der Waals surface area contributed by atoms with Crippen molar-refractivity contribution in [2.75, 3.05) is 0 Å². The molecule has 19 heavy (non-hydrogen) atoms. The summed E-state index contributed by atoms with van der Waals surface area (Å²) in [6.45, 7) is 3.08. The molecule has 0 saturated heterocycles. The minimum Gasteiger partial charge on any atom is -0.369 e. The van der Waals surface area contributed by atoms with Crippen LogP contribution in [-0.4, -0.2) is 11.9 Å². The summed E-state index contributed by atoms with van der Waals surface area (Å²) in [5.74, 6) is -0.0320. The Balaban J connectivity index is 1.75. The summed E-state index contributed by atoms with van der Waals surface area (Å²) in [4.78, 5) is 11.1. The first-order valence-corrected chi connectivity index (χ1v) is 7.29. The van der Waals surface area contributed by atoms with E-state index in [1.807, 2.05) is 0 Å². The maximum absolute atomic E-state index is 11.1. The quantitative estimate of drug-likeness (QED) is 0.854. The van der Waals surface area contributed by atoms with E-state index in [1.165, 1.54) is 11.1 Å². The maximum Gasteiger partial charge on any atom is 0.220 e. The van der Waals surface area contributed by atoms with Gasteiger partial charge in [0.25, 0.3) is 0 Å². The van der Waals surface area contributed by atoms with Crippen LogP contribution in [0.25, 0.3) is 0 Å². The van der Waals surface area contributed by atoms with Crippen molar-refractivity contribution in [1.82, 2.24) is 5.32 Å². The molecule has 3 nitrogen and oxygen atoms in total. The van der Waals surface area contributed by atoms with Gasteiger partial charge in [0.2, 0.25) is 5.91 Å². The first kappa shape index (κ1) is 14.1. The van der Waals surface area contributed by atoms with Crippen LogP contribution in [0.5, 0.6) is 0 Å². The van der Waals surface area contributed by atoms with Crippen LogP contribution in [0.1, 0.15) is 43.7 Å². The largest absolute Gasteiger partial charge is 0.369 e. The van der Waals surface area contributed by atoms with Crippen LogP contribution in [0, 0.1) is 5.92 Å². The molecule has 3 heteroatoms. The van der Waals surface area contributed by atoms with Crippen molar-refractivity contribution < 1.29 is 4.79 Å². The van der Waals surface area contributed by atoms with Gasteiger partial charge in [-0.2, -0.15) is 0 Å². The molecule has 0 heterocycles. The minimum atomic E-state index is -0.131. The summed E-state index contributed by atoms with van der Waals surface area (Å²) in [6.07, 6.45) is 5.07. The maximum atomic E-state index is 11.1. The van der Waals surface area contributed by atoms with Gasteiger partial charge in [-0.15, -0.1) is 0 Å². The molecule has 0 unspecified atom stereocenters. The Labute approximate surface area is 115 Å². The van der Waals surface area contributed by atoms with Gasteiger partial charge in [0.1, 0.15) is 0 Å². The number of benzene rings is 1. The predicted molar refractivity (Wildman–Crippen MR) is 77.6 cm³/mol. The molecular weight excluding hydrogens is 236 g/mol. The third-order valence-corrected chi connectivity index (χ3v) is 4.16. The average Bonchev–Trinajstić information content (AvgIpc) is 2.46. The zero-order chi connectivity index (χ0) is 13.7. The van der Waals surface area contributed by atoms with Gasteiger partial charge in [-0.3, -0.25) is 4.79 Å². The van der Waals surface area contributed by atoms with Gasteiger partial charge >= 0.3 is 0 Å². The highest BCUT2D eigenvalue weighted by Gasteiger charge is 2.24. The van der Waals surface area contributed by atoms with E-state index < -0.39 is 0 Å². The molecule has 0 atom stereocenters. The molecule has 104 valence electrons. The van der Waals surface area contributed by atoms with E-state index in [4.69, 9.17) is 5.73 Å². The van der Waals surface area contributed by atoms with Gasteiger partial charge in [-0.05, 0) is 43.2 Å². The Kier molecular flexibility index (Phi) is 4.97. The fourth-order valence-electron chi connectivity index (χ4n) is 2.74. The summed E-state index contributed by atoms with van der Waals surface area (Å²) in [7, 11) is 0. The molecule has 1 aliphatic carbocycles. The zero-order valence-electron chi connectivity index (χ0n) is 11.7. The summed E-state index contributed by atoms with van der Waals surface area (Å²) in [5.41, 5.74) is 8.05. The van der Waals surface area contributed by atoms with E-state index >= 15 is 0 Å². The third-order valence-electron chi connectivity index (χ3n) is 4.16. The third kappa shape index (κ3) is 4.06. The van der Waals surface area contributed by atoms with Crippen LogP contribution >= 0.6 is 0 Å². The van der Waals surface area contributed by atoms with Crippen LogP contribution in [0.3, 0.4) is 0 Å². The average molecular weight is 260 g/mol. The topological polar surface area (TPSA) is 55.1 Å². The molecule has 0 radical (unpaired) electrons. The van der Waals surface area contributed by atoms with E-state index in [-0.39, 0.29) is 11.8 Å². The number of hydrogen-bond acceptors (Lipinski definition) is 2. The Morgan fingerprint density at radius 2 is 1.74 bits per heavy atom. The molecule has 0 aliphatic heterocycles. The highest BCUT2D eigenvalue weighted by atomic mass is 16.1. The van der Waals surface area contributed by atoms with E-state index in [0.29, 0.717) is 6.04 Å². The molecule has 3 N–H and O–H groups in total. The normalized spacial score (nSPS) is 23.2. The number of carbonyl (C=O) groups is 1. The lowest BCUT2D eigenvalue weighted by atomic mass is 9.85. The Morgan fingerprint density at radius 1 is 1.16 bits per heavy atom. The van der Waals surface area contributed by atoms with E-state index in [9.17, 15) is 4.79 Å². The van der Waals surface area contributed by atoms with Crippen molar-refractivity contribution in [1.29, 1.82) is 0 Å². The molecule has 1 amide bonds. The molecule has 1 aromatic carbocycles. The molecule has 1 saturated carbocycles. The number of aryl methyl sites for hydroxylation is 1. The lowest BCUT2D eigenvalue weighted by Crippen LogP contribution is -2.36. The SMILES string of the molecule is CCc1ccc(CNC2CCC(C(N)=O)CC2)cc1. The summed E-state index contributed by atoms with van der Waals surface area (Å²) >= 11 is 0. The molecule has 0 bridgehead atoms. The van der Waals surface area contributed by atoms with Gasteiger partial charge in [-0.25, -0.2) is 0 Å². The molecule has 0 spiro atoms. The highest BCUT2D eigenvalue weighted by Crippen LogP contribution is 2.24. The zero-order valence-corrected chi connectivity index (χ0v) is 11.7. The molecule has 1 aliphatic rings. The monoisotopic (exact) mass is 260 g/mol. The molecular formula is C16H24N2O. The number of rotatable bonds is 5. The number of primary amides is 1. The fraction of sp³-hybridized carbons (Fsp3) is 0.562. The second-order valence-corrected chi connectivity index (χ2v) is 5.50. The molecule has 1 aromatic rings. The summed E-state index contributed by atoms with van der Waals surface area (Å²) in [6, 6.07) is 9.31. The van der Waals surface area contributed by atoms with Crippen molar-refractivity contribution in [2.45, 2.75) is 51.6 Å². The first-order chi connectivity index (χ1) is 9.19. The Morgan fingerprint density at radius 3 is 2.26 bits per heavy atom. The Bertz CT molecular complexity index is 405. The van der Waals surface area contributed by atoms with Crippen LogP contribution < -0.4 is 11.1 Å². The smallest absolute Gasteiger partial charge is 0.220 e. The van der Waals surface area contributed by atoms with Crippen LogP contribution in [0.2, 0.25) is 0 Å². The van der Waals surface area contributed by atoms with Crippen molar-refractivity contribution in [3.05, 3.63) is 35.4 Å². The number of carbonyl (C=O) groups excluding carboxylic acids is 1. The molecule has 0 aromatic heterocycles. The molecule has 1 fully saturated rings. The van der Waals surface area contributed by atoms with Crippen molar-refractivity contribution in [3.8, 4) is 0 Å². The summed E-state index contributed by atoms with van der Waals surface area (Å²) in [5, 5.41) is 3.58. The first-order valence-electron chi connectivity index (χ1n) is 7.29. The van der Waals surface area contributed by atoms with Crippen molar-refractivity contribution >= 4 is 5.91 Å². The lowest BCUT2D eigenvalue weighted by Gasteiger charge is -2.27. The number of hydrogen-bond donors (Lipinski definition) is 2. The fourth-order valence-corrected chi connectivity index (χ4v) is 2.74. The van der Waals surface area contributed by atoms with Gasteiger partial charge in [0.15, 0.2) is 0 Å². The van der Waals surface area contributed by atoms with Crippen molar-refractivity contribution in [3.63, 3.8) is 0 Å². The van der Waals surface area contributed by atoms with Gasteiger partial charge in [-0.1, -0.05) is 31.2 Å². The molecule has 2 rings (SSSR count). The minimum absolute atomic E-state index is 0.0990. The van der Waals surface area contributed by atoms with Crippen LogP contribution in [-0.2, 0) is 17.8 Å². The number of amides is 1. The second-order valence-electron chi connectivity index (χ2n) is 5.50.